The Morgan fingerprint density at radius 1 is 1.04 bits per heavy atom. The molecule has 28 heavy (non-hydrogen) atoms. The fourth-order valence-corrected chi connectivity index (χ4v) is 3.37. The van der Waals surface area contributed by atoms with E-state index in [9.17, 15) is 4.39 Å². The Morgan fingerprint density at radius 2 is 1.86 bits per heavy atom. The van der Waals surface area contributed by atoms with Gasteiger partial charge in [0.05, 0.1) is 0 Å². The second kappa shape index (κ2) is 7.68. The van der Waals surface area contributed by atoms with Gasteiger partial charge in [0, 0.05) is 12.4 Å². The Morgan fingerprint density at radius 3 is 2.54 bits per heavy atom. The van der Waals surface area contributed by atoms with Crippen LogP contribution in [-0.2, 0) is 10.3 Å². The maximum absolute atomic E-state index is 12.3. The van der Waals surface area contributed by atoms with Crippen LogP contribution in [0.15, 0.2) is 78.0 Å². The highest BCUT2D eigenvalue weighted by Gasteiger charge is 2.40. The topological polar surface area (TPSA) is 69.7 Å². The number of aromatic nitrogens is 1. The van der Waals surface area contributed by atoms with E-state index in [-0.39, 0.29) is 12.6 Å². The van der Waals surface area contributed by atoms with Gasteiger partial charge in [-0.2, -0.15) is 0 Å². The molecule has 2 heterocycles. The first-order chi connectivity index (χ1) is 13.7. The summed E-state index contributed by atoms with van der Waals surface area (Å²) < 4.78 is 23.2. The van der Waals surface area contributed by atoms with Crippen molar-refractivity contribution in [1.82, 2.24) is 4.98 Å². The molecule has 2 N–H and O–H groups in total. The number of hydrogen-bond acceptors (Lipinski definition) is 5. The van der Waals surface area contributed by atoms with Crippen molar-refractivity contribution in [3.8, 4) is 16.9 Å². The van der Waals surface area contributed by atoms with Crippen LogP contribution in [0.25, 0.3) is 11.1 Å². The fourth-order valence-electron chi connectivity index (χ4n) is 3.37. The van der Waals surface area contributed by atoms with Crippen molar-refractivity contribution >= 4 is 6.02 Å². The van der Waals surface area contributed by atoms with Gasteiger partial charge in [-0.1, -0.05) is 36.4 Å². The van der Waals surface area contributed by atoms with E-state index < -0.39 is 12.2 Å². The van der Waals surface area contributed by atoms with E-state index >= 15 is 0 Å². The van der Waals surface area contributed by atoms with Gasteiger partial charge in [0.2, 0.25) is 0 Å². The SMILES string of the molecule is NC1=NC(c2ccc(OCCF)cc2)(c2cccc(-c3cccnc3)c2)CO1. The van der Waals surface area contributed by atoms with Gasteiger partial charge in [-0.05, 0) is 46.5 Å². The van der Waals surface area contributed by atoms with E-state index in [1.165, 1.54) is 0 Å². The number of alkyl halides is 1. The quantitative estimate of drug-likeness (QED) is 0.711. The van der Waals surface area contributed by atoms with Crippen LogP contribution in [0.5, 0.6) is 5.75 Å². The summed E-state index contributed by atoms with van der Waals surface area (Å²) in [6.45, 7) is -0.187. The van der Waals surface area contributed by atoms with Crippen molar-refractivity contribution in [2.24, 2.45) is 10.7 Å². The zero-order valence-electron chi connectivity index (χ0n) is 15.2. The van der Waals surface area contributed by atoms with E-state index in [1.807, 2.05) is 60.8 Å². The molecule has 0 saturated heterocycles. The number of nitrogens with zero attached hydrogens (tertiary/aromatic N) is 2. The smallest absolute Gasteiger partial charge is 0.283 e. The zero-order chi connectivity index (χ0) is 19.4. The van der Waals surface area contributed by atoms with Crippen LogP contribution in [0.1, 0.15) is 11.1 Å². The summed E-state index contributed by atoms with van der Waals surface area (Å²) in [4.78, 5) is 8.84. The molecule has 0 saturated carbocycles. The summed E-state index contributed by atoms with van der Waals surface area (Å²) in [5, 5.41) is 0. The normalized spacial score (nSPS) is 18.4. The number of ether oxygens (including phenoxy) is 2. The molecule has 3 aromatic rings. The molecule has 6 heteroatoms. The van der Waals surface area contributed by atoms with Crippen LogP contribution in [0.2, 0.25) is 0 Å². The Balaban J connectivity index is 1.75. The molecule has 2 aromatic carbocycles. The summed E-state index contributed by atoms with van der Waals surface area (Å²) in [7, 11) is 0. The lowest BCUT2D eigenvalue weighted by Gasteiger charge is -2.26. The Kier molecular flexibility index (Phi) is 4.93. The predicted octanol–water partition coefficient (Wildman–Crippen LogP) is 3.69. The molecule has 5 nitrogen and oxygen atoms in total. The van der Waals surface area contributed by atoms with Gasteiger partial charge in [-0.3, -0.25) is 4.98 Å². The first-order valence-corrected chi connectivity index (χ1v) is 9.00. The van der Waals surface area contributed by atoms with Crippen LogP contribution in [-0.4, -0.2) is 30.9 Å². The van der Waals surface area contributed by atoms with Crippen molar-refractivity contribution in [1.29, 1.82) is 0 Å². The zero-order valence-corrected chi connectivity index (χ0v) is 15.2. The van der Waals surface area contributed by atoms with Crippen LogP contribution in [0, 0.1) is 0 Å². The highest BCUT2D eigenvalue weighted by molar-refractivity contribution is 5.75. The highest BCUT2D eigenvalue weighted by atomic mass is 19.1. The molecule has 1 atom stereocenters. The number of halogens is 1. The van der Waals surface area contributed by atoms with Gasteiger partial charge >= 0.3 is 0 Å². The summed E-state index contributed by atoms with van der Waals surface area (Å²) in [6.07, 6.45) is 3.57. The molecular formula is C22H20FN3O2. The van der Waals surface area contributed by atoms with Crippen molar-refractivity contribution in [3.05, 3.63) is 84.2 Å². The van der Waals surface area contributed by atoms with Crippen LogP contribution >= 0.6 is 0 Å². The van der Waals surface area contributed by atoms with Crippen molar-refractivity contribution in [3.63, 3.8) is 0 Å². The molecule has 1 aliphatic rings. The minimum Gasteiger partial charge on any atom is -0.491 e. The average Bonchev–Trinajstić information content (AvgIpc) is 3.16. The summed E-state index contributed by atoms with van der Waals surface area (Å²) in [5.74, 6) is 0.608. The first-order valence-electron chi connectivity index (χ1n) is 9.00. The molecule has 1 aliphatic heterocycles. The summed E-state index contributed by atoms with van der Waals surface area (Å²) in [5.41, 5.74) is 9.07. The number of benzene rings is 2. The van der Waals surface area contributed by atoms with Crippen molar-refractivity contribution < 1.29 is 13.9 Å². The predicted molar refractivity (Wildman–Crippen MR) is 106 cm³/mol. The molecule has 0 bridgehead atoms. The van der Waals surface area contributed by atoms with E-state index in [4.69, 9.17) is 15.2 Å². The van der Waals surface area contributed by atoms with Gasteiger partial charge in [0.25, 0.3) is 6.02 Å². The maximum atomic E-state index is 12.3. The average molecular weight is 377 g/mol. The van der Waals surface area contributed by atoms with Crippen molar-refractivity contribution in [2.75, 3.05) is 19.9 Å². The van der Waals surface area contributed by atoms with Crippen LogP contribution < -0.4 is 10.5 Å². The number of amidine groups is 1. The molecule has 4 rings (SSSR count). The lowest BCUT2D eigenvalue weighted by atomic mass is 9.83. The molecule has 0 amide bonds. The highest BCUT2D eigenvalue weighted by Crippen LogP contribution is 2.39. The van der Waals surface area contributed by atoms with Gasteiger partial charge < -0.3 is 15.2 Å². The second-order valence-corrected chi connectivity index (χ2v) is 6.48. The van der Waals surface area contributed by atoms with Gasteiger partial charge in [-0.15, -0.1) is 0 Å². The number of pyridine rings is 1. The second-order valence-electron chi connectivity index (χ2n) is 6.48. The first kappa shape index (κ1) is 18.0. The van der Waals surface area contributed by atoms with E-state index in [2.05, 4.69) is 16.0 Å². The molecule has 1 aromatic heterocycles. The van der Waals surface area contributed by atoms with Crippen molar-refractivity contribution in [2.45, 2.75) is 5.54 Å². The van der Waals surface area contributed by atoms with Gasteiger partial charge in [0.15, 0.2) is 5.54 Å². The Labute approximate surface area is 162 Å². The van der Waals surface area contributed by atoms with Gasteiger partial charge in [-0.25, -0.2) is 9.38 Å². The fraction of sp³-hybridized carbons (Fsp3) is 0.182. The molecule has 142 valence electrons. The molecule has 0 aliphatic carbocycles. The van der Waals surface area contributed by atoms with E-state index in [1.54, 1.807) is 6.20 Å². The molecular weight excluding hydrogens is 357 g/mol. The van der Waals surface area contributed by atoms with E-state index in [0.29, 0.717) is 12.4 Å². The van der Waals surface area contributed by atoms with E-state index in [0.717, 1.165) is 22.3 Å². The Bertz CT molecular complexity index is 977. The minimum atomic E-state index is -0.749. The largest absolute Gasteiger partial charge is 0.491 e. The maximum Gasteiger partial charge on any atom is 0.283 e. The number of nitrogens with two attached hydrogens (primary N) is 1. The number of rotatable bonds is 6. The summed E-state index contributed by atoms with van der Waals surface area (Å²) >= 11 is 0. The molecule has 0 fully saturated rings. The third-order valence-electron chi connectivity index (χ3n) is 4.74. The molecule has 1 unspecified atom stereocenters. The number of aliphatic imine (C=N–C) groups is 1. The lowest BCUT2D eigenvalue weighted by molar-refractivity contribution is 0.271. The Hall–Kier alpha value is -3.41. The van der Waals surface area contributed by atoms with Crippen LogP contribution in [0.3, 0.4) is 0 Å². The van der Waals surface area contributed by atoms with Gasteiger partial charge in [0.1, 0.15) is 25.6 Å². The monoisotopic (exact) mass is 377 g/mol. The molecule has 0 spiro atoms. The third kappa shape index (κ3) is 3.41. The lowest BCUT2D eigenvalue weighted by Crippen LogP contribution is -2.27. The minimum absolute atomic E-state index is 0.0336. The summed E-state index contributed by atoms with van der Waals surface area (Å²) in [6, 6.07) is 19.6. The number of hydrogen-bond donors (Lipinski definition) is 1. The third-order valence-corrected chi connectivity index (χ3v) is 4.74. The standard InChI is InChI=1S/C22H20FN3O2/c23-10-12-27-20-8-6-18(7-9-20)22(15-28-21(24)26-22)19-5-1-3-16(13-19)17-4-2-11-25-14-17/h1-9,11,13-14H,10,12,15H2,(H2,24,26). The molecule has 0 radical (unpaired) electrons. The van der Waals surface area contributed by atoms with Crippen LogP contribution in [0.4, 0.5) is 4.39 Å².